The van der Waals surface area contributed by atoms with E-state index in [4.69, 9.17) is 4.74 Å². The van der Waals surface area contributed by atoms with Crippen molar-refractivity contribution < 1.29 is 28.7 Å². The molecule has 202 valence electrons. The number of piperidine rings is 1. The van der Waals surface area contributed by atoms with Crippen molar-refractivity contribution in [3.05, 3.63) is 0 Å². The van der Waals surface area contributed by atoms with Crippen LogP contribution in [0.1, 0.15) is 73.6 Å². The lowest BCUT2D eigenvalue weighted by Gasteiger charge is -2.37. The van der Waals surface area contributed by atoms with Gasteiger partial charge in [0.05, 0.1) is 6.04 Å². The van der Waals surface area contributed by atoms with Gasteiger partial charge in [0.2, 0.25) is 17.6 Å². The van der Waals surface area contributed by atoms with E-state index >= 15 is 0 Å². The number of rotatable bonds is 8. The summed E-state index contributed by atoms with van der Waals surface area (Å²) in [5.74, 6) is -1.74. The standard InChI is InChI=1S/C25H41N4O6P/c1-24(2,3)19(27-23(34)35-25(4,5)6)22(33)29-12-14-11-15(14)17(29)20(31)26-16(10-13-8-7-9-13)18(30)21(32)28-36/h13-17,19H,7-12,36H2,1-6H3,(H,26,31)(H,27,34)(H,28,32)/t14?,15-,16?,17-,19+/m0/s1. The Hall–Kier alpha value is -2.22. The lowest BCUT2D eigenvalue weighted by Crippen LogP contribution is -2.60. The van der Waals surface area contributed by atoms with Crippen LogP contribution in [0.4, 0.5) is 4.79 Å². The molecule has 1 saturated heterocycles. The van der Waals surface area contributed by atoms with Gasteiger partial charge >= 0.3 is 6.09 Å². The summed E-state index contributed by atoms with van der Waals surface area (Å²) in [7, 11) is 2.02. The van der Waals surface area contributed by atoms with Gasteiger partial charge < -0.3 is 25.4 Å². The summed E-state index contributed by atoms with van der Waals surface area (Å²) >= 11 is 0. The Morgan fingerprint density at radius 3 is 2.17 bits per heavy atom. The van der Waals surface area contributed by atoms with E-state index < -0.39 is 52.8 Å². The molecule has 0 aromatic heterocycles. The molecular formula is C25H41N4O6P. The molecule has 4 amide bonds. The zero-order valence-electron chi connectivity index (χ0n) is 22.2. The third-order valence-corrected chi connectivity index (χ3v) is 7.52. The molecule has 11 heteroatoms. The average Bonchev–Trinajstić information content (AvgIpc) is 3.38. The van der Waals surface area contributed by atoms with E-state index in [2.05, 4.69) is 15.7 Å². The predicted molar refractivity (Wildman–Crippen MR) is 136 cm³/mol. The molecule has 10 nitrogen and oxygen atoms in total. The van der Waals surface area contributed by atoms with Crippen LogP contribution in [0.25, 0.3) is 0 Å². The maximum absolute atomic E-state index is 13.7. The van der Waals surface area contributed by atoms with Crippen LogP contribution in [0, 0.1) is 23.2 Å². The monoisotopic (exact) mass is 524 g/mol. The maximum atomic E-state index is 13.7. The molecule has 2 saturated carbocycles. The van der Waals surface area contributed by atoms with Crippen molar-refractivity contribution in [1.82, 2.24) is 20.6 Å². The molecule has 36 heavy (non-hydrogen) atoms. The number of nitrogens with one attached hydrogen (secondary N) is 3. The van der Waals surface area contributed by atoms with Crippen LogP contribution >= 0.6 is 9.39 Å². The molecule has 1 heterocycles. The van der Waals surface area contributed by atoms with Gasteiger partial charge in [-0.25, -0.2) is 4.79 Å². The van der Waals surface area contributed by atoms with Crippen molar-refractivity contribution in [2.24, 2.45) is 23.2 Å². The summed E-state index contributed by atoms with van der Waals surface area (Å²) in [4.78, 5) is 66.0. The molecule has 0 radical (unpaired) electrons. The van der Waals surface area contributed by atoms with E-state index in [1.54, 1.807) is 20.8 Å². The molecule has 0 bridgehead atoms. The van der Waals surface area contributed by atoms with Crippen LogP contribution in [0.5, 0.6) is 0 Å². The minimum Gasteiger partial charge on any atom is -0.444 e. The molecule has 0 aromatic rings. The third kappa shape index (κ3) is 6.75. The molecule has 3 fully saturated rings. The molecular weight excluding hydrogens is 483 g/mol. The second-order valence-corrected chi connectivity index (χ2v) is 12.8. The minimum absolute atomic E-state index is 0.00565. The van der Waals surface area contributed by atoms with Crippen molar-refractivity contribution in [2.45, 2.75) is 97.4 Å². The summed E-state index contributed by atoms with van der Waals surface area (Å²) in [5, 5.41) is 7.78. The summed E-state index contributed by atoms with van der Waals surface area (Å²) in [6.07, 6.45) is 3.53. The van der Waals surface area contributed by atoms with Crippen LogP contribution in [0.2, 0.25) is 0 Å². The first-order chi connectivity index (χ1) is 16.6. The molecule has 3 aliphatic rings. The number of carbonyl (C=O) groups excluding carboxylic acids is 5. The summed E-state index contributed by atoms with van der Waals surface area (Å²) in [6.45, 7) is 11.2. The number of likely N-dealkylation sites (tertiary alicyclic amines) is 1. The highest BCUT2D eigenvalue weighted by molar-refractivity contribution is 7.15. The number of hydrogen-bond donors (Lipinski definition) is 3. The largest absolute Gasteiger partial charge is 0.444 e. The zero-order chi connectivity index (χ0) is 27.0. The molecule has 2 aliphatic carbocycles. The molecule has 6 atom stereocenters. The van der Waals surface area contributed by atoms with Crippen molar-refractivity contribution in [3.8, 4) is 0 Å². The summed E-state index contributed by atoms with van der Waals surface area (Å²) in [5.41, 5.74) is -1.36. The first-order valence-electron chi connectivity index (χ1n) is 12.8. The number of nitrogens with zero attached hydrogens (tertiary/aromatic N) is 1. The van der Waals surface area contributed by atoms with Gasteiger partial charge in [0.15, 0.2) is 0 Å². The fourth-order valence-corrected chi connectivity index (χ4v) is 5.19. The average molecular weight is 525 g/mol. The van der Waals surface area contributed by atoms with Gasteiger partial charge in [-0.05, 0) is 66.2 Å². The smallest absolute Gasteiger partial charge is 0.408 e. The molecule has 0 aromatic carbocycles. The van der Waals surface area contributed by atoms with Crippen molar-refractivity contribution in [3.63, 3.8) is 0 Å². The van der Waals surface area contributed by atoms with Crippen molar-refractivity contribution in [1.29, 1.82) is 0 Å². The number of alkyl carbamates (subject to hydrolysis) is 1. The minimum atomic E-state index is -0.934. The molecule has 3 N–H and O–H groups in total. The highest BCUT2D eigenvalue weighted by atomic mass is 31.0. The number of ketones is 1. The molecule has 3 unspecified atom stereocenters. The van der Waals surface area contributed by atoms with Crippen LogP contribution in [-0.4, -0.2) is 64.8 Å². The lowest BCUT2D eigenvalue weighted by atomic mass is 9.80. The van der Waals surface area contributed by atoms with Crippen LogP contribution in [0.15, 0.2) is 0 Å². The van der Waals surface area contributed by atoms with E-state index in [1.165, 1.54) is 4.90 Å². The number of Topliss-reactive ketones (excluding diaryl/α,β-unsaturated/α-hetero) is 1. The molecule has 1 aliphatic heterocycles. The van der Waals surface area contributed by atoms with Crippen LogP contribution in [0.3, 0.4) is 0 Å². The van der Waals surface area contributed by atoms with E-state index in [0.717, 1.165) is 25.7 Å². The van der Waals surface area contributed by atoms with Gasteiger partial charge in [-0.1, -0.05) is 40.0 Å². The van der Waals surface area contributed by atoms with E-state index in [1.807, 2.05) is 30.2 Å². The Labute approximate surface area is 215 Å². The maximum Gasteiger partial charge on any atom is 0.408 e. The Kier molecular flexibility index (Phi) is 8.38. The zero-order valence-corrected chi connectivity index (χ0v) is 23.3. The number of fused-ring (bicyclic) bond motifs is 1. The topological polar surface area (TPSA) is 134 Å². The van der Waals surface area contributed by atoms with Gasteiger partial charge in [-0.2, -0.15) is 0 Å². The molecule has 3 rings (SSSR count). The van der Waals surface area contributed by atoms with E-state index in [0.29, 0.717) is 13.0 Å². The number of amides is 4. The second kappa shape index (κ2) is 10.6. The normalized spacial score (nSPS) is 25.1. The van der Waals surface area contributed by atoms with Crippen LogP contribution in [-0.2, 0) is 23.9 Å². The fraction of sp³-hybridized carbons (Fsp3) is 0.800. The molecule has 0 spiro atoms. The van der Waals surface area contributed by atoms with Crippen molar-refractivity contribution >= 4 is 39.0 Å². The first kappa shape index (κ1) is 28.4. The van der Waals surface area contributed by atoms with Gasteiger partial charge in [0.1, 0.15) is 17.7 Å². The number of ether oxygens (including phenoxy) is 1. The van der Waals surface area contributed by atoms with Crippen molar-refractivity contribution in [2.75, 3.05) is 6.54 Å². The summed E-state index contributed by atoms with van der Waals surface area (Å²) in [6, 6.07) is -2.59. The Morgan fingerprint density at radius 1 is 1.03 bits per heavy atom. The lowest BCUT2D eigenvalue weighted by molar-refractivity contribution is -0.144. The fourth-order valence-electron chi connectivity index (χ4n) is 5.05. The van der Waals surface area contributed by atoms with Crippen LogP contribution < -0.4 is 15.7 Å². The first-order valence-corrected chi connectivity index (χ1v) is 13.3. The second-order valence-electron chi connectivity index (χ2n) is 12.5. The van der Waals surface area contributed by atoms with Gasteiger partial charge in [-0.3, -0.25) is 19.2 Å². The van der Waals surface area contributed by atoms with E-state index in [-0.39, 0.29) is 23.7 Å². The SMILES string of the molecule is CC(C)(C)OC(=O)N[C@H](C(=O)N1CC2C[C@@H]2[C@H]1C(=O)NC(CC1CCC1)C(=O)C(=O)NP)C(C)(C)C. The van der Waals surface area contributed by atoms with Gasteiger partial charge in [0.25, 0.3) is 5.91 Å². The summed E-state index contributed by atoms with van der Waals surface area (Å²) < 4.78 is 5.37. The Bertz CT molecular complexity index is 907. The Morgan fingerprint density at radius 2 is 1.67 bits per heavy atom. The third-order valence-electron chi connectivity index (χ3n) is 7.26. The number of hydrogen-bond acceptors (Lipinski definition) is 6. The van der Waals surface area contributed by atoms with E-state index in [9.17, 15) is 24.0 Å². The quantitative estimate of drug-likeness (QED) is 0.328. The Balaban J connectivity index is 1.76. The number of carbonyl (C=O) groups is 5. The highest BCUT2D eigenvalue weighted by Crippen LogP contribution is 2.50. The highest BCUT2D eigenvalue weighted by Gasteiger charge is 2.58. The van der Waals surface area contributed by atoms with Gasteiger partial charge in [-0.15, -0.1) is 0 Å². The predicted octanol–water partition coefficient (Wildman–Crippen LogP) is 1.92. The van der Waals surface area contributed by atoms with Gasteiger partial charge in [0, 0.05) is 6.54 Å².